The molecule has 148 valence electrons. The third-order valence-corrected chi connectivity index (χ3v) is 6.04. The van der Waals surface area contributed by atoms with Crippen molar-refractivity contribution in [3.8, 4) is 0 Å². The Morgan fingerprint density at radius 3 is 2.29 bits per heavy atom. The third kappa shape index (κ3) is 4.09. The summed E-state index contributed by atoms with van der Waals surface area (Å²) in [5.41, 5.74) is 1.75. The molecule has 0 aromatic heterocycles. The zero-order valence-electron chi connectivity index (χ0n) is 15.9. The highest BCUT2D eigenvalue weighted by Gasteiger charge is 2.31. The molecule has 2 aromatic carbocycles. The van der Waals surface area contributed by atoms with Gasteiger partial charge in [0.15, 0.2) is 0 Å². The van der Waals surface area contributed by atoms with Gasteiger partial charge >= 0.3 is 0 Å². The van der Waals surface area contributed by atoms with Crippen molar-refractivity contribution in [3.63, 3.8) is 0 Å². The first-order valence-corrected chi connectivity index (χ1v) is 10.3. The fraction of sp³-hybridized carbons (Fsp3) is 0.409. The van der Waals surface area contributed by atoms with E-state index in [0.717, 1.165) is 62.8 Å². The largest absolute Gasteiger partial charge is 0.369 e. The van der Waals surface area contributed by atoms with Crippen molar-refractivity contribution >= 4 is 28.9 Å². The van der Waals surface area contributed by atoms with E-state index in [-0.39, 0.29) is 17.6 Å². The van der Waals surface area contributed by atoms with Crippen LogP contribution in [0, 0.1) is 11.7 Å². The van der Waals surface area contributed by atoms with Crippen molar-refractivity contribution in [2.24, 2.45) is 5.92 Å². The molecule has 0 bridgehead atoms. The Hall–Kier alpha value is -2.27. The second-order valence-electron chi connectivity index (χ2n) is 7.50. The molecule has 2 aliphatic heterocycles. The lowest BCUT2D eigenvalue weighted by Crippen LogP contribution is -2.51. The van der Waals surface area contributed by atoms with Crippen molar-refractivity contribution < 1.29 is 9.18 Å². The molecule has 0 atom stereocenters. The number of carbonyl (C=O) groups excluding carboxylic acids is 1. The SMILES string of the molecule is O=C(C1CCN(c2ccccc2F)CC1)N1CCN(c2cccc(Cl)c2)CC1. The number of nitrogens with zero attached hydrogens (tertiary/aromatic N) is 3. The lowest BCUT2D eigenvalue weighted by atomic mass is 9.94. The maximum absolute atomic E-state index is 14.0. The lowest BCUT2D eigenvalue weighted by molar-refractivity contribution is -0.136. The number of carbonyl (C=O) groups is 1. The van der Waals surface area contributed by atoms with E-state index in [0.29, 0.717) is 5.69 Å². The number of piperazine rings is 1. The Bertz CT molecular complexity index is 830. The number of anilines is 2. The number of rotatable bonds is 3. The monoisotopic (exact) mass is 401 g/mol. The molecule has 2 saturated heterocycles. The molecule has 2 aliphatic rings. The molecule has 6 heteroatoms. The summed E-state index contributed by atoms with van der Waals surface area (Å²) in [5.74, 6) is 0.101. The molecule has 1 amide bonds. The van der Waals surface area contributed by atoms with Crippen LogP contribution in [-0.4, -0.2) is 50.1 Å². The van der Waals surface area contributed by atoms with Gasteiger partial charge in [0.1, 0.15) is 5.82 Å². The van der Waals surface area contributed by atoms with Crippen LogP contribution in [0.2, 0.25) is 5.02 Å². The van der Waals surface area contributed by atoms with Gasteiger partial charge in [-0.2, -0.15) is 0 Å². The minimum Gasteiger partial charge on any atom is -0.369 e. The van der Waals surface area contributed by atoms with Crippen molar-refractivity contribution in [2.45, 2.75) is 12.8 Å². The van der Waals surface area contributed by atoms with Gasteiger partial charge in [-0.3, -0.25) is 4.79 Å². The minimum atomic E-state index is -0.190. The highest BCUT2D eigenvalue weighted by atomic mass is 35.5. The Morgan fingerprint density at radius 1 is 0.893 bits per heavy atom. The maximum Gasteiger partial charge on any atom is 0.225 e. The van der Waals surface area contributed by atoms with Crippen molar-refractivity contribution in [1.82, 2.24) is 4.90 Å². The Morgan fingerprint density at radius 2 is 1.61 bits per heavy atom. The van der Waals surface area contributed by atoms with E-state index >= 15 is 0 Å². The summed E-state index contributed by atoms with van der Waals surface area (Å²) in [4.78, 5) is 19.3. The number of hydrogen-bond acceptors (Lipinski definition) is 3. The van der Waals surface area contributed by atoms with Gasteiger partial charge in [-0.25, -0.2) is 4.39 Å². The van der Waals surface area contributed by atoms with Gasteiger partial charge in [0.2, 0.25) is 5.91 Å². The number of benzene rings is 2. The summed E-state index contributed by atoms with van der Waals surface area (Å²) in [5, 5.41) is 0.734. The number of para-hydroxylation sites is 1. The summed E-state index contributed by atoms with van der Waals surface area (Å²) >= 11 is 6.09. The summed E-state index contributed by atoms with van der Waals surface area (Å²) in [7, 11) is 0. The van der Waals surface area contributed by atoms with E-state index in [1.54, 1.807) is 6.07 Å². The van der Waals surface area contributed by atoms with E-state index in [1.807, 2.05) is 35.2 Å². The van der Waals surface area contributed by atoms with Crippen LogP contribution in [0.5, 0.6) is 0 Å². The smallest absolute Gasteiger partial charge is 0.225 e. The molecule has 2 fully saturated rings. The minimum absolute atomic E-state index is 0.0424. The zero-order chi connectivity index (χ0) is 19.5. The van der Waals surface area contributed by atoms with E-state index < -0.39 is 0 Å². The van der Waals surface area contributed by atoms with Gasteiger partial charge in [-0.1, -0.05) is 29.8 Å². The standard InChI is InChI=1S/C22H25ClFN3O/c23-18-4-3-5-19(16-18)25-12-14-27(15-13-25)22(28)17-8-10-26(11-9-17)21-7-2-1-6-20(21)24/h1-7,16-17H,8-15H2. The number of hydrogen-bond donors (Lipinski definition) is 0. The molecular weight excluding hydrogens is 377 g/mol. The van der Waals surface area contributed by atoms with Gasteiger partial charge in [0.25, 0.3) is 0 Å². The normalized spacial score (nSPS) is 18.4. The average molecular weight is 402 g/mol. The second kappa shape index (κ2) is 8.39. The highest BCUT2D eigenvalue weighted by molar-refractivity contribution is 6.30. The van der Waals surface area contributed by atoms with E-state index in [2.05, 4.69) is 15.9 Å². The molecule has 4 nitrogen and oxygen atoms in total. The Labute approximate surface area is 170 Å². The van der Waals surface area contributed by atoms with Gasteiger partial charge in [0, 0.05) is 55.9 Å². The predicted molar refractivity (Wildman–Crippen MR) is 112 cm³/mol. The van der Waals surface area contributed by atoms with Crippen LogP contribution in [0.1, 0.15) is 12.8 Å². The third-order valence-electron chi connectivity index (χ3n) is 5.80. The zero-order valence-corrected chi connectivity index (χ0v) is 16.6. The Balaban J connectivity index is 1.30. The van der Waals surface area contributed by atoms with Crippen LogP contribution in [0.3, 0.4) is 0 Å². The van der Waals surface area contributed by atoms with Crippen LogP contribution in [0.15, 0.2) is 48.5 Å². The van der Waals surface area contributed by atoms with Gasteiger partial charge in [-0.15, -0.1) is 0 Å². The topological polar surface area (TPSA) is 26.8 Å². The molecule has 2 heterocycles. The summed E-state index contributed by atoms with van der Waals surface area (Å²) < 4.78 is 14.0. The molecule has 0 radical (unpaired) electrons. The van der Waals surface area contributed by atoms with Crippen LogP contribution < -0.4 is 9.80 Å². The fourth-order valence-corrected chi connectivity index (χ4v) is 4.38. The molecule has 0 saturated carbocycles. The first kappa shape index (κ1) is 19.1. The quantitative estimate of drug-likeness (QED) is 0.776. The average Bonchev–Trinajstić information content (AvgIpc) is 2.74. The molecule has 0 unspecified atom stereocenters. The Kier molecular flexibility index (Phi) is 5.72. The summed E-state index contributed by atoms with van der Waals surface area (Å²) in [6.45, 7) is 4.55. The molecule has 28 heavy (non-hydrogen) atoms. The molecule has 0 N–H and O–H groups in total. The van der Waals surface area contributed by atoms with Gasteiger partial charge < -0.3 is 14.7 Å². The molecule has 4 rings (SSSR count). The molecule has 0 spiro atoms. The van der Waals surface area contributed by atoms with E-state index in [4.69, 9.17) is 11.6 Å². The number of amides is 1. The van der Waals surface area contributed by atoms with Crippen molar-refractivity contribution in [1.29, 1.82) is 0 Å². The van der Waals surface area contributed by atoms with E-state index in [9.17, 15) is 9.18 Å². The van der Waals surface area contributed by atoms with Gasteiger partial charge in [-0.05, 0) is 43.2 Å². The van der Waals surface area contributed by atoms with Crippen LogP contribution in [-0.2, 0) is 4.79 Å². The van der Waals surface area contributed by atoms with Crippen molar-refractivity contribution in [2.75, 3.05) is 49.1 Å². The predicted octanol–water partition coefficient (Wildman–Crippen LogP) is 4.04. The van der Waals surface area contributed by atoms with Crippen LogP contribution in [0.4, 0.5) is 15.8 Å². The first-order valence-electron chi connectivity index (χ1n) is 9.90. The number of piperidine rings is 1. The maximum atomic E-state index is 14.0. The lowest BCUT2D eigenvalue weighted by Gasteiger charge is -2.39. The first-order chi connectivity index (χ1) is 13.6. The highest BCUT2D eigenvalue weighted by Crippen LogP contribution is 2.27. The second-order valence-corrected chi connectivity index (χ2v) is 7.94. The fourth-order valence-electron chi connectivity index (χ4n) is 4.19. The van der Waals surface area contributed by atoms with Crippen LogP contribution in [0.25, 0.3) is 0 Å². The summed E-state index contributed by atoms with van der Waals surface area (Å²) in [6.07, 6.45) is 1.56. The molecule has 2 aromatic rings. The van der Waals surface area contributed by atoms with Crippen LogP contribution >= 0.6 is 11.6 Å². The molecule has 0 aliphatic carbocycles. The molecular formula is C22H25ClFN3O. The van der Waals surface area contributed by atoms with E-state index in [1.165, 1.54) is 6.07 Å². The van der Waals surface area contributed by atoms with Gasteiger partial charge in [0.05, 0.1) is 5.69 Å². The summed E-state index contributed by atoms with van der Waals surface area (Å²) in [6, 6.07) is 14.7. The number of halogens is 2. The van der Waals surface area contributed by atoms with Crippen molar-refractivity contribution in [3.05, 3.63) is 59.4 Å².